The maximum Gasteiger partial charge on any atom is 0.121 e. The van der Waals surface area contributed by atoms with Crippen LogP contribution in [0.15, 0.2) is 24.3 Å². The van der Waals surface area contributed by atoms with E-state index in [1.54, 1.807) is 0 Å². The smallest absolute Gasteiger partial charge is 0.121 e. The van der Waals surface area contributed by atoms with Crippen molar-refractivity contribution in [3.8, 4) is 11.5 Å². The Hall–Kier alpha value is -1.96. The molecule has 0 heterocycles. The summed E-state index contributed by atoms with van der Waals surface area (Å²) in [5.41, 5.74) is 5.59. The number of phenols is 2. The molecule has 2 N–H and O–H groups in total. The van der Waals surface area contributed by atoms with E-state index in [-0.39, 0.29) is 5.41 Å². The van der Waals surface area contributed by atoms with Gasteiger partial charge >= 0.3 is 0 Å². The maximum absolute atomic E-state index is 10.2. The third kappa shape index (κ3) is 2.51. The Labute approximate surface area is 127 Å². The van der Waals surface area contributed by atoms with Gasteiger partial charge in [0.2, 0.25) is 0 Å². The molecule has 0 fully saturated rings. The van der Waals surface area contributed by atoms with E-state index >= 15 is 0 Å². The Morgan fingerprint density at radius 1 is 0.762 bits per heavy atom. The quantitative estimate of drug-likeness (QED) is 0.842. The summed E-state index contributed by atoms with van der Waals surface area (Å²) in [6, 6.07) is 8.10. The van der Waals surface area contributed by atoms with Gasteiger partial charge in [-0.25, -0.2) is 0 Å². The molecule has 0 spiro atoms. The second-order valence-corrected chi connectivity index (χ2v) is 6.49. The van der Waals surface area contributed by atoms with Crippen LogP contribution < -0.4 is 0 Å². The lowest BCUT2D eigenvalue weighted by Crippen LogP contribution is -2.21. The summed E-state index contributed by atoms with van der Waals surface area (Å²) in [5, 5.41) is 20.2. The van der Waals surface area contributed by atoms with Crippen LogP contribution in [0.2, 0.25) is 0 Å². The van der Waals surface area contributed by atoms with Crippen molar-refractivity contribution in [3.63, 3.8) is 0 Å². The summed E-state index contributed by atoms with van der Waals surface area (Å²) in [4.78, 5) is 0. The molecule has 0 aliphatic rings. The van der Waals surface area contributed by atoms with Crippen LogP contribution >= 0.6 is 0 Å². The van der Waals surface area contributed by atoms with Gasteiger partial charge in [0.15, 0.2) is 0 Å². The lowest BCUT2D eigenvalue weighted by atomic mass is 9.75. The fourth-order valence-corrected chi connectivity index (χ4v) is 2.98. The number of rotatable bonds is 2. The van der Waals surface area contributed by atoms with E-state index < -0.39 is 0 Å². The lowest BCUT2D eigenvalue weighted by molar-refractivity contribution is 0.461. The Kier molecular flexibility index (Phi) is 3.75. The number of aromatic hydroxyl groups is 2. The van der Waals surface area contributed by atoms with E-state index in [0.717, 1.165) is 33.4 Å². The van der Waals surface area contributed by atoms with Crippen molar-refractivity contribution in [2.24, 2.45) is 0 Å². The molecule has 2 aromatic rings. The largest absolute Gasteiger partial charge is 0.507 e. The molecular weight excluding hydrogens is 260 g/mol. The monoisotopic (exact) mass is 284 g/mol. The molecule has 0 atom stereocenters. The third-order valence-electron chi connectivity index (χ3n) is 4.52. The minimum atomic E-state index is -0.238. The fraction of sp³-hybridized carbons (Fsp3) is 0.368. The van der Waals surface area contributed by atoms with Gasteiger partial charge < -0.3 is 10.2 Å². The average molecular weight is 284 g/mol. The fourth-order valence-electron chi connectivity index (χ4n) is 2.98. The highest BCUT2D eigenvalue weighted by Crippen LogP contribution is 2.39. The number of hydrogen-bond donors (Lipinski definition) is 2. The number of hydrogen-bond acceptors (Lipinski definition) is 2. The average Bonchev–Trinajstić information content (AvgIpc) is 2.41. The summed E-state index contributed by atoms with van der Waals surface area (Å²) in [6.45, 7) is 12.0. The van der Waals surface area contributed by atoms with E-state index in [1.165, 1.54) is 0 Å². The topological polar surface area (TPSA) is 40.5 Å². The minimum Gasteiger partial charge on any atom is -0.507 e. The molecule has 21 heavy (non-hydrogen) atoms. The van der Waals surface area contributed by atoms with Gasteiger partial charge in [0.25, 0.3) is 0 Å². The van der Waals surface area contributed by atoms with Crippen LogP contribution in [0, 0.1) is 27.7 Å². The van der Waals surface area contributed by atoms with Crippen molar-refractivity contribution in [1.29, 1.82) is 0 Å². The Bertz CT molecular complexity index is 674. The molecule has 2 nitrogen and oxygen atoms in total. The molecule has 2 aromatic carbocycles. The number of aryl methyl sites for hydroxylation is 3. The highest BCUT2D eigenvalue weighted by molar-refractivity contribution is 5.53. The van der Waals surface area contributed by atoms with Crippen LogP contribution in [0.1, 0.15) is 47.2 Å². The Morgan fingerprint density at radius 3 is 1.81 bits per heavy atom. The standard InChI is InChI=1S/C19H24O2/c1-11-7-8-16(14(4)18(11)21)19(5,6)15-9-12(2)17(20)13(3)10-15/h7-10,20-21H,1-6H3. The summed E-state index contributed by atoms with van der Waals surface area (Å²) in [7, 11) is 0. The van der Waals surface area contributed by atoms with E-state index in [1.807, 2.05) is 45.9 Å². The second-order valence-electron chi connectivity index (χ2n) is 6.49. The summed E-state index contributed by atoms with van der Waals surface area (Å²) < 4.78 is 0. The van der Waals surface area contributed by atoms with Gasteiger partial charge in [-0.15, -0.1) is 0 Å². The molecule has 0 radical (unpaired) electrons. The lowest BCUT2D eigenvalue weighted by Gasteiger charge is -2.29. The van der Waals surface area contributed by atoms with E-state index in [2.05, 4.69) is 19.9 Å². The molecule has 0 aliphatic heterocycles. The van der Waals surface area contributed by atoms with Gasteiger partial charge in [-0.05, 0) is 61.1 Å². The SMILES string of the molecule is Cc1cc(C(C)(C)c2ccc(C)c(O)c2C)cc(C)c1O. The second kappa shape index (κ2) is 5.10. The van der Waals surface area contributed by atoms with Crippen LogP contribution in [0.5, 0.6) is 11.5 Å². The van der Waals surface area contributed by atoms with Gasteiger partial charge in [-0.1, -0.05) is 38.1 Å². The van der Waals surface area contributed by atoms with E-state index in [4.69, 9.17) is 0 Å². The van der Waals surface area contributed by atoms with Crippen LogP contribution in [-0.4, -0.2) is 10.2 Å². The van der Waals surface area contributed by atoms with Crippen molar-refractivity contribution in [2.45, 2.75) is 47.0 Å². The summed E-state index contributed by atoms with van der Waals surface area (Å²) in [6.07, 6.45) is 0. The third-order valence-corrected chi connectivity index (χ3v) is 4.52. The molecule has 2 heteroatoms. The summed E-state index contributed by atoms with van der Waals surface area (Å²) in [5.74, 6) is 0.728. The van der Waals surface area contributed by atoms with Gasteiger partial charge in [0.1, 0.15) is 11.5 Å². The molecule has 0 saturated carbocycles. The Balaban J connectivity index is 2.65. The zero-order valence-corrected chi connectivity index (χ0v) is 13.7. The number of phenolic OH excluding ortho intramolecular Hbond substituents is 2. The Morgan fingerprint density at radius 2 is 1.29 bits per heavy atom. The van der Waals surface area contributed by atoms with Crippen molar-refractivity contribution < 1.29 is 10.2 Å². The molecule has 0 saturated heterocycles. The molecular formula is C19H24O2. The van der Waals surface area contributed by atoms with Crippen LogP contribution in [0.3, 0.4) is 0 Å². The zero-order chi connectivity index (χ0) is 15.9. The highest BCUT2D eigenvalue weighted by Gasteiger charge is 2.27. The van der Waals surface area contributed by atoms with Gasteiger partial charge in [0, 0.05) is 5.41 Å². The first-order valence-corrected chi connectivity index (χ1v) is 7.26. The van der Waals surface area contributed by atoms with E-state index in [9.17, 15) is 10.2 Å². The predicted octanol–water partition coefficient (Wildman–Crippen LogP) is 4.66. The van der Waals surface area contributed by atoms with Gasteiger partial charge in [-0.2, -0.15) is 0 Å². The minimum absolute atomic E-state index is 0.238. The van der Waals surface area contributed by atoms with Gasteiger partial charge in [-0.3, -0.25) is 0 Å². The van der Waals surface area contributed by atoms with Crippen LogP contribution in [-0.2, 0) is 5.41 Å². The molecule has 112 valence electrons. The first-order chi connectivity index (χ1) is 9.66. The molecule has 0 aliphatic carbocycles. The van der Waals surface area contributed by atoms with Crippen LogP contribution in [0.4, 0.5) is 0 Å². The van der Waals surface area contributed by atoms with Gasteiger partial charge in [0.05, 0.1) is 0 Å². The first-order valence-electron chi connectivity index (χ1n) is 7.26. The number of benzene rings is 2. The predicted molar refractivity (Wildman–Crippen MR) is 87.3 cm³/mol. The molecule has 0 aromatic heterocycles. The van der Waals surface area contributed by atoms with Crippen molar-refractivity contribution in [2.75, 3.05) is 0 Å². The molecule has 0 bridgehead atoms. The highest BCUT2D eigenvalue weighted by atomic mass is 16.3. The first kappa shape index (κ1) is 15.4. The van der Waals surface area contributed by atoms with Crippen molar-refractivity contribution in [3.05, 3.63) is 57.6 Å². The zero-order valence-electron chi connectivity index (χ0n) is 13.7. The van der Waals surface area contributed by atoms with Crippen LogP contribution in [0.25, 0.3) is 0 Å². The summed E-state index contributed by atoms with van der Waals surface area (Å²) >= 11 is 0. The van der Waals surface area contributed by atoms with E-state index in [0.29, 0.717) is 11.5 Å². The van der Waals surface area contributed by atoms with Crippen molar-refractivity contribution in [1.82, 2.24) is 0 Å². The van der Waals surface area contributed by atoms with Crippen molar-refractivity contribution >= 4 is 0 Å². The molecule has 0 amide bonds. The maximum atomic E-state index is 10.2. The molecule has 0 unspecified atom stereocenters. The normalized spacial score (nSPS) is 11.7. The molecule has 2 rings (SSSR count).